The monoisotopic (exact) mass is 838 g/mol. The molecule has 0 radical (unpaired) electrons. The molecule has 3 rings (SSSR count). The largest absolute Gasteiger partial charge is 0.413 e. The molecule has 9 nitrogen and oxygen atoms in total. The molecule has 0 amide bonds. The number of ketones is 1. The fraction of sp³-hybridized carbons (Fsp3) is 0.818. The van der Waals surface area contributed by atoms with Gasteiger partial charge in [-0.2, -0.15) is 0 Å². The van der Waals surface area contributed by atoms with E-state index in [4.69, 9.17) is 28.1 Å². The Labute approximate surface area is 346 Å². The predicted octanol–water partition coefficient (Wildman–Crippen LogP) is 10.9. The summed E-state index contributed by atoms with van der Waals surface area (Å²) in [6.07, 6.45) is 7.37. The van der Waals surface area contributed by atoms with Crippen molar-refractivity contribution in [1.29, 1.82) is 0 Å². The van der Waals surface area contributed by atoms with Gasteiger partial charge >= 0.3 is 0 Å². The summed E-state index contributed by atoms with van der Waals surface area (Å²) in [5.74, 6) is -1.89. The number of ether oxygens (including phenoxy) is 5. The van der Waals surface area contributed by atoms with Crippen LogP contribution < -0.4 is 0 Å². The minimum absolute atomic E-state index is 0.0173. The molecule has 2 saturated heterocycles. The van der Waals surface area contributed by atoms with Gasteiger partial charge in [-0.1, -0.05) is 79.8 Å². The molecule has 56 heavy (non-hydrogen) atoms. The highest BCUT2D eigenvalue weighted by molar-refractivity contribution is 7.09. The maximum Gasteiger partial charge on any atom is 0.286 e. The second kappa shape index (κ2) is 20.0. The standard InChI is InChI=1S/C44H79NO8SSi2/c1-31(20-21-37(49-30-48-24-25-55(12,13)14)33(3)26-36-28-54-35(5)45-36)18-17-19-32(2)39(46)34(4)40(47)42(9,10)38(52-56(15,16)41(6,7)8)27-44-50-23-22-43(11,53-44)29-51-44/h20,26,28,32,34,37-39,46H,17-19,21-25,27,29-30H2,1-16H3/b31-20-,33-26+/t32-,34+,37-,38-,39-,43+,44-/m0/s1. The Morgan fingerprint density at radius 2 is 1.79 bits per heavy atom. The van der Waals surface area contributed by atoms with Crippen molar-refractivity contribution in [2.24, 2.45) is 17.3 Å². The van der Waals surface area contributed by atoms with E-state index in [0.717, 1.165) is 61.0 Å². The summed E-state index contributed by atoms with van der Waals surface area (Å²) in [6, 6.07) is 1.11. The summed E-state index contributed by atoms with van der Waals surface area (Å²) in [6.45, 7) is 36.2. The van der Waals surface area contributed by atoms with Crippen molar-refractivity contribution >= 4 is 39.6 Å². The average Bonchev–Trinajstić information content (AvgIpc) is 3.59. The minimum atomic E-state index is -2.33. The maximum absolute atomic E-state index is 14.5. The number of fused-ring (bicyclic) bond motifs is 2. The van der Waals surface area contributed by atoms with Gasteiger partial charge in [0.05, 0.1) is 54.2 Å². The van der Waals surface area contributed by atoms with Crippen LogP contribution in [0, 0.1) is 24.2 Å². The van der Waals surface area contributed by atoms with Crippen molar-refractivity contribution in [1.82, 2.24) is 4.98 Å². The van der Waals surface area contributed by atoms with Crippen LogP contribution >= 0.6 is 11.3 Å². The summed E-state index contributed by atoms with van der Waals surface area (Å²) >= 11 is 1.65. The number of thiazole rings is 1. The van der Waals surface area contributed by atoms with Crippen LogP contribution in [0.5, 0.6) is 0 Å². The Morgan fingerprint density at radius 3 is 2.39 bits per heavy atom. The highest BCUT2D eigenvalue weighted by Gasteiger charge is 2.57. The van der Waals surface area contributed by atoms with Crippen molar-refractivity contribution in [2.45, 2.75) is 188 Å². The molecule has 12 heteroatoms. The van der Waals surface area contributed by atoms with E-state index in [1.165, 1.54) is 5.57 Å². The summed E-state index contributed by atoms with van der Waals surface area (Å²) < 4.78 is 38.0. The Bertz CT molecular complexity index is 1480. The highest BCUT2D eigenvalue weighted by atomic mass is 32.1. The van der Waals surface area contributed by atoms with Crippen molar-refractivity contribution in [3.05, 3.63) is 33.3 Å². The zero-order valence-electron chi connectivity index (χ0n) is 38.1. The minimum Gasteiger partial charge on any atom is -0.413 e. The van der Waals surface area contributed by atoms with E-state index in [-0.39, 0.29) is 36.1 Å². The third-order valence-corrected chi connectivity index (χ3v) is 19.3. The molecule has 2 aliphatic heterocycles. The number of aryl methyl sites for hydroxylation is 1. The number of carbonyl (C=O) groups is 1. The van der Waals surface area contributed by atoms with Crippen molar-refractivity contribution < 1.29 is 38.0 Å². The van der Waals surface area contributed by atoms with Crippen molar-refractivity contribution in [2.75, 3.05) is 26.6 Å². The number of Topliss-reactive ketones (excluding diaryl/α,β-unsaturated/α-hetero) is 1. The Hall–Kier alpha value is -1.07. The molecule has 1 N–H and O–H groups in total. The van der Waals surface area contributed by atoms with Gasteiger partial charge in [-0.25, -0.2) is 4.98 Å². The van der Waals surface area contributed by atoms with Gasteiger partial charge in [-0.3, -0.25) is 4.79 Å². The number of rotatable bonds is 23. The van der Waals surface area contributed by atoms with E-state index >= 15 is 0 Å². The third-order valence-electron chi connectivity index (χ3n) is 12.4. The number of carbonyl (C=O) groups excluding carboxylic acids is 1. The summed E-state index contributed by atoms with van der Waals surface area (Å²) in [4.78, 5) is 19.1. The molecule has 2 aliphatic rings. The summed E-state index contributed by atoms with van der Waals surface area (Å²) in [5, 5.41) is 14.7. The number of allylic oxidation sites excluding steroid dienone is 1. The van der Waals surface area contributed by atoms with E-state index in [2.05, 4.69) is 104 Å². The molecule has 1 aromatic heterocycles. The van der Waals surface area contributed by atoms with Crippen LogP contribution in [0.2, 0.25) is 43.8 Å². The molecule has 0 saturated carbocycles. The van der Waals surface area contributed by atoms with Crippen LogP contribution in [-0.2, 0) is 32.9 Å². The zero-order chi connectivity index (χ0) is 42.3. The number of aromatic nitrogens is 1. The SMILES string of the molecule is C/C(=C/C[C@H](OCOCC[Si](C)(C)C)/C(C)=C/c1csc(C)n1)CCC[C@H](C)[C@H](O)[C@@H](C)C(=O)C(C)(C)[C@H](C[C@]12OCC[C@](C)(CO1)O2)O[Si](C)(C)C(C)(C)C. The quantitative estimate of drug-likeness (QED) is 0.0499. The number of hydrogen-bond acceptors (Lipinski definition) is 10. The summed E-state index contributed by atoms with van der Waals surface area (Å²) in [5.41, 5.74) is 2.03. The van der Waals surface area contributed by atoms with Crippen LogP contribution in [0.4, 0.5) is 0 Å². The Morgan fingerprint density at radius 1 is 1.11 bits per heavy atom. The van der Waals surface area contributed by atoms with Gasteiger partial charge in [-0.05, 0) is 95.1 Å². The second-order valence-corrected chi connectivity index (χ2v) is 31.8. The van der Waals surface area contributed by atoms with Crippen LogP contribution in [0.1, 0.15) is 118 Å². The normalized spacial score (nSPS) is 24.2. The van der Waals surface area contributed by atoms with Crippen molar-refractivity contribution in [3.8, 4) is 0 Å². The van der Waals surface area contributed by atoms with Gasteiger partial charge < -0.3 is 33.2 Å². The lowest BCUT2D eigenvalue weighted by Gasteiger charge is -2.47. The van der Waals surface area contributed by atoms with Crippen LogP contribution in [0.25, 0.3) is 6.08 Å². The smallest absolute Gasteiger partial charge is 0.286 e. The zero-order valence-corrected chi connectivity index (χ0v) is 40.9. The van der Waals surface area contributed by atoms with Crippen molar-refractivity contribution in [3.63, 3.8) is 0 Å². The third kappa shape index (κ3) is 14.3. The second-order valence-electron chi connectivity index (χ2n) is 20.4. The lowest BCUT2D eigenvalue weighted by atomic mass is 9.72. The molecule has 0 aliphatic carbocycles. The number of aliphatic hydroxyl groups excluding tert-OH is 1. The number of aliphatic hydroxyl groups is 1. The molecule has 0 aromatic carbocycles. The van der Waals surface area contributed by atoms with Gasteiger partial charge in [0.15, 0.2) is 8.32 Å². The van der Waals surface area contributed by atoms with E-state index in [0.29, 0.717) is 13.2 Å². The Kier molecular flexibility index (Phi) is 17.6. The van der Waals surface area contributed by atoms with E-state index in [1.807, 2.05) is 27.7 Å². The fourth-order valence-corrected chi connectivity index (χ4v) is 9.85. The molecule has 2 fully saturated rings. The highest BCUT2D eigenvalue weighted by Crippen LogP contribution is 2.47. The van der Waals surface area contributed by atoms with Gasteiger partial charge in [0, 0.05) is 37.8 Å². The molecule has 7 atom stereocenters. The van der Waals surface area contributed by atoms with Gasteiger partial charge in [0.1, 0.15) is 12.6 Å². The van der Waals surface area contributed by atoms with Gasteiger partial charge in [0.2, 0.25) is 0 Å². The summed E-state index contributed by atoms with van der Waals surface area (Å²) in [7, 11) is -3.50. The molecular weight excluding hydrogens is 759 g/mol. The van der Waals surface area contributed by atoms with Crippen LogP contribution in [-0.4, -0.2) is 88.8 Å². The van der Waals surface area contributed by atoms with E-state index in [1.54, 1.807) is 11.3 Å². The van der Waals surface area contributed by atoms with Gasteiger partial charge in [-0.15, -0.1) is 11.3 Å². The molecule has 322 valence electrons. The first kappa shape index (κ1) is 49.3. The molecular formula is C44H79NO8SSi2. The molecule has 2 bridgehead atoms. The lowest BCUT2D eigenvalue weighted by molar-refractivity contribution is -0.376. The molecule has 3 heterocycles. The van der Waals surface area contributed by atoms with Gasteiger partial charge in [0.25, 0.3) is 5.97 Å². The van der Waals surface area contributed by atoms with E-state index in [9.17, 15) is 9.90 Å². The first-order valence-corrected chi connectivity index (χ1v) is 28.5. The fourth-order valence-electron chi connectivity index (χ4n) is 7.08. The molecule has 1 aromatic rings. The Balaban J connectivity index is 1.63. The van der Waals surface area contributed by atoms with Crippen LogP contribution in [0.3, 0.4) is 0 Å². The maximum atomic E-state index is 14.5. The van der Waals surface area contributed by atoms with Crippen LogP contribution in [0.15, 0.2) is 22.6 Å². The topological polar surface area (TPSA) is 106 Å². The molecule has 0 spiro atoms. The predicted molar refractivity (Wildman–Crippen MR) is 235 cm³/mol. The first-order chi connectivity index (χ1) is 25.7. The van der Waals surface area contributed by atoms with E-state index < -0.39 is 51.5 Å². The average molecular weight is 838 g/mol. The molecule has 0 unspecified atom stereocenters. The lowest BCUT2D eigenvalue weighted by Crippen LogP contribution is -2.56. The first-order valence-electron chi connectivity index (χ1n) is 21.0. The number of hydrogen-bond donors (Lipinski definition) is 1. The number of nitrogens with zero attached hydrogens (tertiary/aromatic N) is 1.